The van der Waals surface area contributed by atoms with E-state index in [-0.39, 0.29) is 0 Å². The van der Waals surface area contributed by atoms with Gasteiger partial charge in [-0.2, -0.15) is 0 Å². The summed E-state index contributed by atoms with van der Waals surface area (Å²) in [6.07, 6.45) is 12.3. The topological polar surface area (TPSA) is 66.1 Å². The number of likely N-dealkylation sites (tertiary alicyclic amines) is 1. The third kappa shape index (κ3) is 4.98. The summed E-state index contributed by atoms with van der Waals surface area (Å²) in [7, 11) is 0. The number of benzene rings is 2. The molecule has 162 valence electrons. The van der Waals surface area contributed by atoms with Crippen molar-refractivity contribution in [2.75, 3.05) is 31.6 Å². The van der Waals surface area contributed by atoms with Gasteiger partial charge in [-0.25, -0.2) is 9.97 Å². The number of fused-ring (bicyclic) bond motifs is 1. The van der Waals surface area contributed by atoms with E-state index in [1.165, 1.54) is 31.3 Å². The first kappa shape index (κ1) is 20.3. The summed E-state index contributed by atoms with van der Waals surface area (Å²) in [5.41, 5.74) is 4.17. The first-order valence-electron chi connectivity index (χ1n) is 11.1. The maximum absolute atomic E-state index is 5.86. The first-order valence-corrected chi connectivity index (χ1v) is 11.1. The summed E-state index contributed by atoms with van der Waals surface area (Å²) in [6, 6.07) is 16.2. The van der Waals surface area contributed by atoms with E-state index in [0.29, 0.717) is 5.95 Å². The molecule has 0 atom stereocenters. The zero-order valence-electron chi connectivity index (χ0n) is 18.0. The predicted molar refractivity (Wildman–Crippen MR) is 130 cm³/mol. The van der Waals surface area contributed by atoms with E-state index in [2.05, 4.69) is 49.4 Å². The number of nitrogens with one attached hydrogen (secondary N) is 2. The molecule has 2 aromatic heterocycles. The zero-order chi connectivity index (χ0) is 21.6. The lowest BCUT2D eigenvalue weighted by molar-refractivity contribution is 0.238. The van der Waals surface area contributed by atoms with Gasteiger partial charge >= 0.3 is 0 Å². The lowest BCUT2D eigenvalue weighted by atomic mass is 10.1. The predicted octanol–water partition coefficient (Wildman–Crippen LogP) is 5.35. The molecular weight excluding hydrogens is 398 g/mol. The van der Waals surface area contributed by atoms with Gasteiger partial charge in [0.15, 0.2) is 0 Å². The molecular formula is C26H27N5O. The SMILES string of the molecule is C(=C\c1cccc2[nH]ccc12)/c1cnc(Nc2ccc(OCCN3CCCC3)cc2)nc1. The Morgan fingerprint density at radius 2 is 1.78 bits per heavy atom. The minimum absolute atomic E-state index is 0.567. The number of aromatic amines is 1. The van der Waals surface area contributed by atoms with Crippen LogP contribution in [0.5, 0.6) is 5.75 Å². The molecule has 4 aromatic rings. The molecule has 2 N–H and O–H groups in total. The van der Waals surface area contributed by atoms with Crippen molar-refractivity contribution >= 4 is 34.7 Å². The van der Waals surface area contributed by atoms with E-state index in [4.69, 9.17) is 4.74 Å². The second-order valence-corrected chi connectivity index (χ2v) is 8.01. The van der Waals surface area contributed by atoms with Crippen molar-refractivity contribution in [1.82, 2.24) is 19.9 Å². The molecule has 6 nitrogen and oxygen atoms in total. The summed E-state index contributed by atoms with van der Waals surface area (Å²) >= 11 is 0. The van der Waals surface area contributed by atoms with Crippen molar-refractivity contribution in [1.29, 1.82) is 0 Å². The monoisotopic (exact) mass is 425 g/mol. The van der Waals surface area contributed by atoms with Crippen LogP contribution in [-0.4, -0.2) is 46.1 Å². The highest BCUT2D eigenvalue weighted by molar-refractivity contribution is 5.91. The van der Waals surface area contributed by atoms with Crippen LogP contribution in [0.2, 0.25) is 0 Å². The smallest absolute Gasteiger partial charge is 0.227 e. The number of hydrogen-bond acceptors (Lipinski definition) is 5. The van der Waals surface area contributed by atoms with Crippen molar-refractivity contribution in [3.8, 4) is 5.75 Å². The molecule has 0 radical (unpaired) electrons. The van der Waals surface area contributed by atoms with Crippen molar-refractivity contribution < 1.29 is 4.74 Å². The largest absolute Gasteiger partial charge is 0.492 e. The maximum Gasteiger partial charge on any atom is 0.227 e. The van der Waals surface area contributed by atoms with Crippen LogP contribution >= 0.6 is 0 Å². The highest BCUT2D eigenvalue weighted by Gasteiger charge is 2.10. The van der Waals surface area contributed by atoms with Crippen molar-refractivity contribution in [2.45, 2.75) is 12.8 Å². The average Bonchev–Trinajstić information content (AvgIpc) is 3.52. The Hall–Kier alpha value is -3.64. The quantitative estimate of drug-likeness (QED) is 0.399. The summed E-state index contributed by atoms with van der Waals surface area (Å²) in [5.74, 6) is 1.45. The van der Waals surface area contributed by atoms with Gasteiger partial charge in [0.2, 0.25) is 5.95 Å². The second-order valence-electron chi connectivity index (χ2n) is 8.01. The summed E-state index contributed by atoms with van der Waals surface area (Å²) in [6.45, 7) is 4.12. The minimum atomic E-state index is 0.567. The summed E-state index contributed by atoms with van der Waals surface area (Å²) in [4.78, 5) is 14.6. The molecule has 0 aliphatic carbocycles. The molecule has 0 bridgehead atoms. The van der Waals surface area contributed by atoms with E-state index in [1.807, 2.05) is 55.0 Å². The van der Waals surface area contributed by atoms with Crippen LogP contribution in [0.15, 0.2) is 67.1 Å². The van der Waals surface area contributed by atoms with Crippen LogP contribution < -0.4 is 10.1 Å². The number of anilines is 2. The van der Waals surface area contributed by atoms with Crippen LogP contribution in [0.3, 0.4) is 0 Å². The molecule has 2 aromatic carbocycles. The number of ether oxygens (including phenoxy) is 1. The van der Waals surface area contributed by atoms with Gasteiger partial charge < -0.3 is 15.0 Å². The molecule has 6 heteroatoms. The van der Waals surface area contributed by atoms with Crippen LogP contribution in [0.25, 0.3) is 23.1 Å². The van der Waals surface area contributed by atoms with Gasteiger partial charge in [-0.1, -0.05) is 24.3 Å². The van der Waals surface area contributed by atoms with Crippen LogP contribution in [-0.2, 0) is 0 Å². The van der Waals surface area contributed by atoms with Gasteiger partial charge in [0, 0.05) is 47.3 Å². The highest BCUT2D eigenvalue weighted by Crippen LogP contribution is 2.21. The average molecular weight is 426 g/mol. The Labute approximate surface area is 188 Å². The number of rotatable bonds is 8. The van der Waals surface area contributed by atoms with E-state index < -0.39 is 0 Å². The molecule has 32 heavy (non-hydrogen) atoms. The molecule has 1 saturated heterocycles. The van der Waals surface area contributed by atoms with Crippen LogP contribution in [0.1, 0.15) is 24.0 Å². The van der Waals surface area contributed by atoms with Gasteiger partial charge in [-0.3, -0.25) is 4.90 Å². The van der Waals surface area contributed by atoms with Crippen molar-refractivity contribution in [3.05, 3.63) is 78.2 Å². The fourth-order valence-corrected chi connectivity index (χ4v) is 3.99. The molecule has 0 saturated carbocycles. The summed E-state index contributed by atoms with van der Waals surface area (Å²) < 4.78 is 5.86. The number of hydrogen-bond donors (Lipinski definition) is 2. The molecule has 0 unspecified atom stereocenters. The van der Waals surface area contributed by atoms with E-state index in [9.17, 15) is 0 Å². The lowest BCUT2D eigenvalue weighted by Gasteiger charge is -2.15. The first-order chi connectivity index (χ1) is 15.8. The number of H-pyrrole nitrogens is 1. The van der Waals surface area contributed by atoms with Crippen molar-refractivity contribution in [2.24, 2.45) is 0 Å². The highest BCUT2D eigenvalue weighted by atomic mass is 16.5. The molecule has 1 fully saturated rings. The van der Waals surface area contributed by atoms with Crippen LogP contribution in [0, 0.1) is 0 Å². The van der Waals surface area contributed by atoms with Gasteiger partial charge in [-0.15, -0.1) is 0 Å². The van der Waals surface area contributed by atoms with Gasteiger partial charge in [0.1, 0.15) is 12.4 Å². The number of nitrogens with zero attached hydrogens (tertiary/aromatic N) is 3. The van der Waals surface area contributed by atoms with E-state index >= 15 is 0 Å². The third-order valence-corrected chi connectivity index (χ3v) is 5.74. The maximum atomic E-state index is 5.86. The van der Waals surface area contributed by atoms with Gasteiger partial charge in [0.25, 0.3) is 0 Å². The Morgan fingerprint density at radius 1 is 0.969 bits per heavy atom. The fourth-order valence-electron chi connectivity index (χ4n) is 3.99. The third-order valence-electron chi connectivity index (χ3n) is 5.74. The van der Waals surface area contributed by atoms with Crippen LogP contribution in [0.4, 0.5) is 11.6 Å². The van der Waals surface area contributed by atoms with Gasteiger partial charge in [0.05, 0.1) is 0 Å². The Kier molecular flexibility index (Phi) is 6.12. The Bertz CT molecular complexity index is 1180. The molecule has 5 rings (SSSR count). The fraction of sp³-hybridized carbons (Fsp3) is 0.231. The van der Waals surface area contributed by atoms with Gasteiger partial charge in [-0.05, 0) is 67.9 Å². The van der Waals surface area contributed by atoms with E-state index in [0.717, 1.165) is 41.2 Å². The molecule has 1 aliphatic rings. The Balaban J connectivity index is 1.15. The molecule has 1 aliphatic heterocycles. The Morgan fingerprint density at radius 3 is 2.59 bits per heavy atom. The second kappa shape index (κ2) is 9.66. The lowest BCUT2D eigenvalue weighted by Crippen LogP contribution is -2.25. The molecule has 0 spiro atoms. The number of aromatic nitrogens is 3. The van der Waals surface area contributed by atoms with Crippen molar-refractivity contribution in [3.63, 3.8) is 0 Å². The summed E-state index contributed by atoms with van der Waals surface area (Å²) in [5, 5.41) is 4.44. The normalized spacial score (nSPS) is 14.4. The standard InChI is InChI=1S/C26H27N5O/c1-2-15-31(14-1)16-17-32-23-10-8-22(9-11-23)30-26-28-18-20(19-29-26)6-7-21-4-3-5-25-24(21)12-13-27-25/h3-13,18-19,27H,1-2,14-17H2,(H,28,29,30)/b7-6+. The minimum Gasteiger partial charge on any atom is -0.492 e. The molecule has 0 amide bonds. The zero-order valence-corrected chi connectivity index (χ0v) is 18.0. The molecule has 3 heterocycles. The van der Waals surface area contributed by atoms with E-state index in [1.54, 1.807) is 0 Å².